The van der Waals surface area contributed by atoms with E-state index >= 15 is 0 Å². The Hall–Kier alpha value is -3.85. The van der Waals surface area contributed by atoms with Gasteiger partial charge in [0.25, 0.3) is 0 Å². The highest BCUT2D eigenvalue weighted by molar-refractivity contribution is 6.00. The van der Waals surface area contributed by atoms with E-state index in [1.165, 1.54) is 19.1 Å². The van der Waals surface area contributed by atoms with Gasteiger partial charge in [-0.1, -0.05) is 30.3 Å². The third-order valence-corrected chi connectivity index (χ3v) is 5.89. The molecule has 0 bridgehead atoms. The van der Waals surface area contributed by atoms with Gasteiger partial charge in [-0.15, -0.1) is 0 Å². The number of anilines is 1. The first kappa shape index (κ1) is 23.3. The summed E-state index contributed by atoms with van der Waals surface area (Å²) in [6.07, 6.45) is 2.28. The second-order valence-corrected chi connectivity index (χ2v) is 8.22. The Kier molecular flexibility index (Phi) is 6.30. The van der Waals surface area contributed by atoms with Crippen molar-refractivity contribution in [1.82, 2.24) is 4.90 Å². The minimum absolute atomic E-state index is 0.0148. The minimum atomic E-state index is -2.03. The summed E-state index contributed by atoms with van der Waals surface area (Å²) in [5.74, 6) is -3.17. The Morgan fingerprint density at radius 1 is 1.03 bits per heavy atom. The van der Waals surface area contributed by atoms with E-state index in [9.17, 15) is 14.4 Å². The van der Waals surface area contributed by atoms with Crippen LogP contribution in [-0.4, -0.2) is 63.0 Å². The fourth-order valence-electron chi connectivity index (χ4n) is 4.34. The number of esters is 2. The largest absolute Gasteiger partial charge is 0.493 e. The third kappa shape index (κ3) is 4.10. The van der Waals surface area contributed by atoms with Crippen LogP contribution in [0.25, 0.3) is 0 Å². The Balaban J connectivity index is 1.94. The van der Waals surface area contributed by atoms with Gasteiger partial charge in [-0.3, -0.25) is 9.69 Å². The number of hydrogen-bond donors (Lipinski definition) is 0. The lowest BCUT2D eigenvalue weighted by atomic mass is 9.91. The van der Waals surface area contributed by atoms with Crippen molar-refractivity contribution in [3.05, 3.63) is 65.7 Å². The van der Waals surface area contributed by atoms with E-state index in [0.717, 1.165) is 23.3 Å². The van der Waals surface area contributed by atoms with E-state index in [-0.39, 0.29) is 6.42 Å². The lowest BCUT2D eigenvalue weighted by Crippen LogP contribution is -2.69. The van der Waals surface area contributed by atoms with E-state index in [2.05, 4.69) is 0 Å². The van der Waals surface area contributed by atoms with Gasteiger partial charge in [-0.25, -0.2) is 14.5 Å². The number of hydrogen-bond acceptors (Lipinski definition) is 8. The van der Waals surface area contributed by atoms with Crippen molar-refractivity contribution in [2.24, 2.45) is 0 Å². The van der Waals surface area contributed by atoms with Crippen molar-refractivity contribution in [1.29, 1.82) is 0 Å². The van der Waals surface area contributed by atoms with Gasteiger partial charge in [0.05, 0.1) is 26.3 Å². The Labute approximate surface area is 197 Å². The van der Waals surface area contributed by atoms with Gasteiger partial charge in [-0.2, -0.15) is 0 Å². The molecular weight excluding hydrogens is 440 g/mol. The summed E-state index contributed by atoms with van der Waals surface area (Å²) in [7, 11) is 6.53. The fourth-order valence-corrected chi connectivity index (χ4v) is 4.34. The molecule has 0 fully saturated rings. The fraction of sp³-hybridized carbons (Fsp3) is 0.320. The van der Waals surface area contributed by atoms with Crippen LogP contribution in [0, 0.1) is 0 Å². The summed E-state index contributed by atoms with van der Waals surface area (Å²) < 4.78 is 22.5. The summed E-state index contributed by atoms with van der Waals surface area (Å²) in [5, 5.41) is 0. The van der Waals surface area contributed by atoms with Crippen molar-refractivity contribution < 1.29 is 33.3 Å². The molecule has 2 heterocycles. The van der Waals surface area contributed by atoms with Crippen molar-refractivity contribution >= 4 is 23.5 Å². The van der Waals surface area contributed by atoms with E-state index in [1.54, 1.807) is 31.1 Å². The molecule has 1 unspecified atom stereocenters. The molecule has 0 saturated carbocycles. The molecule has 2 aliphatic rings. The van der Waals surface area contributed by atoms with Gasteiger partial charge in [0, 0.05) is 18.2 Å². The number of amides is 1. The Bertz CT molecular complexity index is 1120. The van der Waals surface area contributed by atoms with Gasteiger partial charge in [0.2, 0.25) is 5.91 Å². The van der Waals surface area contributed by atoms with Gasteiger partial charge in [-0.05, 0) is 37.7 Å². The molecule has 2 aromatic rings. The highest BCUT2D eigenvalue weighted by Gasteiger charge is 2.59. The molecule has 2 aliphatic heterocycles. The molecule has 0 aromatic heterocycles. The van der Waals surface area contributed by atoms with Crippen molar-refractivity contribution in [3.8, 4) is 11.5 Å². The average Bonchev–Trinajstić information content (AvgIpc) is 2.95. The number of nitrogens with zero attached hydrogens (tertiary/aromatic N) is 2. The number of likely N-dealkylation sites (N-methyl/N-ethyl adjacent to an activating group) is 1. The topological polar surface area (TPSA) is 94.6 Å². The summed E-state index contributed by atoms with van der Waals surface area (Å²) in [6, 6.07) is 11.9. The number of carbonyl (C=O) groups is 3. The third-order valence-electron chi connectivity index (χ3n) is 5.89. The molecule has 34 heavy (non-hydrogen) atoms. The van der Waals surface area contributed by atoms with Crippen LogP contribution in [0.15, 0.2) is 54.6 Å². The molecule has 0 radical (unpaired) electrons. The predicted molar refractivity (Wildman–Crippen MR) is 122 cm³/mol. The van der Waals surface area contributed by atoms with Crippen LogP contribution in [0.3, 0.4) is 0 Å². The Morgan fingerprint density at radius 3 is 2.18 bits per heavy atom. The van der Waals surface area contributed by atoms with Crippen LogP contribution in [-0.2, 0) is 36.7 Å². The highest BCUT2D eigenvalue weighted by Crippen LogP contribution is 2.46. The molecule has 9 heteroatoms. The molecule has 9 nitrogen and oxygen atoms in total. The van der Waals surface area contributed by atoms with Gasteiger partial charge < -0.3 is 18.9 Å². The van der Waals surface area contributed by atoms with Gasteiger partial charge in [0.1, 0.15) is 6.04 Å². The number of ether oxygens (including phenoxy) is 4. The van der Waals surface area contributed by atoms with E-state index in [4.69, 9.17) is 18.9 Å². The zero-order valence-corrected chi connectivity index (χ0v) is 19.4. The quantitative estimate of drug-likeness (QED) is 0.619. The summed E-state index contributed by atoms with van der Waals surface area (Å²) in [5.41, 5.74) is 1.90. The zero-order chi connectivity index (χ0) is 24.5. The first-order valence-electron chi connectivity index (χ1n) is 10.7. The first-order chi connectivity index (χ1) is 16.3. The molecule has 1 spiro atoms. The van der Waals surface area contributed by atoms with Crippen LogP contribution >= 0.6 is 0 Å². The maximum atomic E-state index is 13.9. The minimum Gasteiger partial charge on any atom is -0.493 e. The lowest BCUT2D eigenvalue weighted by molar-refractivity contribution is -0.241. The van der Waals surface area contributed by atoms with E-state index in [1.807, 2.05) is 30.3 Å². The van der Waals surface area contributed by atoms with Crippen LogP contribution in [0.1, 0.15) is 11.1 Å². The molecule has 1 amide bonds. The summed E-state index contributed by atoms with van der Waals surface area (Å²) in [6.45, 7) is 0. The van der Waals surface area contributed by atoms with Crippen LogP contribution < -0.4 is 14.4 Å². The molecule has 0 aliphatic carbocycles. The lowest BCUT2D eigenvalue weighted by Gasteiger charge is -2.50. The molecule has 1 atom stereocenters. The van der Waals surface area contributed by atoms with E-state index < -0.39 is 29.8 Å². The average molecular weight is 466 g/mol. The molecule has 4 rings (SSSR count). The number of benzene rings is 2. The summed E-state index contributed by atoms with van der Waals surface area (Å²) >= 11 is 0. The number of fused-ring (bicyclic) bond motifs is 1. The Morgan fingerprint density at radius 2 is 1.62 bits per heavy atom. The second-order valence-electron chi connectivity index (χ2n) is 8.22. The highest BCUT2D eigenvalue weighted by atomic mass is 16.8. The maximum absolute atomic E-state index is 13.9. The normalized spacial score (nSPS) is 18.7. The second kappa shape index (κ2) is 9.18. The monoisotopic (exact) mass is 466 g/mol. The molecular formula is C25H26N2O7. The SMILES string of the molecule is COc1cc2c(cc1OC)N(C(=O)Cc1ccccc1)C1(OC(=O)C=CC(=O)O1)C(N(C)C)C2. The smallest absolute Gasteiger partial charge is 0.366 e. The zero-order valence-electron chi connectivity index (χ0n) is 19.4. The standard InChI is InChI=1S/C25H26N2O7/c1-26(2)21-14-17-13-19(31-3)20(32-4)15-18(17)27(22(28)12-16-8-6-5-7-9-16)25(21)33-23(29)10-11-24(30)34-25/h5-11,13,15,21H,12,14H2,1-4H3. The number of rotatable bonds is 5. The molecule has 0 saturated heterocycles. The summed E-state index contributed by atoms with van der Waals surface area (Å²) in [4.78, 5) is 42.1. The van der Waals surface area contributed by atoms with Crippen molar-refractivity contribution in [3.63, 3.8) is 0 Å². The van der Waals surface area contributed by atoms with Crippen molar-refractivity contribution in [2.75, 3.05) is 33.2 Å². The van der Waals surface area contributed by atoms with Gasteiger partial charge in [0.15, 0.2) is 11.5 Å². The van der Waals surface area contributed by atoms with Crippen LogP contribution in [0.5, 0.6) is 11.5 Å². The molecule has 0 N–H and O–H groups in total. The molecule has 178 valence electrons. The maximum Gasteiger partial charge on any atom is 0.366 e. The van der Waals surface area contributed by atoms with Crippen LogP contribution in [0.2, 0.25) is 0 Å². The van der Waals surface area contributed by atoms with Crippen molar-refractivity contribution in [2.45, 2.75) is 24.8 Å². The van der Waals surface area contributed by atoms with Crippen LogP contribution in [0.4, 0.5) is 5.69 Å². The number of methoxy groups -OCH3 is 2. The number of carbonyl (C=O) groups excluding carboxylic acids is 3. The first-order valence-corrected chi connectivity index (χ1v) is 10.7. The molecule has 2 aromatic carbocycles. The van der Waals surface area contributed by atoms with E-state index in [0.29, 0.717) is 23.6 Å². The predicted octanol–water partition coefficient (Wildman–Crippen LogP) is 2.08. The van der Waals surface area contributed by atoms with Gasteiger partial charge >= 0.3 is 17.8 Å².